The Hall–Kier alpha value is -1.46. The normalized spacial score (nSPS) is 10.5. The smallest absolute Gasteiger partial charge is 0.190 e. The molecule has 2 N–H and O–H groups in total. The van der Waals surface area contributed by atoms with Gasteiger partial charge in [-0.1, -0.05) is 0 Å². The highest BCUT2D eigenvalue weighted by molar-refractivity contribution is 7.13. The molecule has 0 spiro atoms. The molecule has 0 aliphatic rings. The number of halogens is 1. The molecule has 17 heavy (non-hydrogen) atoms. The molecule has 1 aromatic carbocycles. The van der Waals surface area contributed by atoms with Crippen molar-refractivity contribution in [3.63, 3.8) is 0 Å². The monoisotopic (exact) mass is 251 g/mol. The molecule has 0 saturated heterocycles. The van der Waals surface area contributed by atoms with Crippen LogP contribution in [0.3, 0.4) is 0 Å². The lowest BCUT2D eigenvalue weighted by Gasteiger charge is -2.19. The third-order valence-electron chi connectivity index (χ3n) is 2.43. The molecule has 0 aliphatic heterocycles. The first-order valence-electron chi connectivity index (χ1n) is 5.42. The summed E-state index contributed by atoms with van der Waals surface area (Å²) in [6.45, 7) is 3.26. The summed E-state index contributed by atoms with van der Waals surface area (Å²) < 4.78 is 12.9. The van der Waals surface area contributed by atoms with Gasteiger partial charge in [-0.3, -0.25) is 0 Å². The maximum Gasteiger partial charge on any atom is 0.190 e. The Kier molecular flexibility index (Phi) is 3.71. The van der Waals surface area contributed by atoms with Gasteiger partial charge in [-0.2, -0.15) is 0 Å². The van der Waals surface area contributed by atoms with E-state index in [9.17, 15) is 4.39 Å². The van der Waals surface area contributed by atoms with E-state index in [2.05, 4.69) is 4.98 Å². The fraction of sp³-hybridized carbons (Fsp3) is 0.250. The van der Waals surface area contributed by atoms with Crippen LogP contribution in [-0.2, 0) is 6.54 Å². The minimum Gasteiger partial charge on any atom is -0.325 e. The molecule has 0 unspecified atom stereocenters. The molecule has 90 valence electrons. The number of anilines is 2. The summed E-state index contributed by atoms with van der Waals surface area (Å²) in [5, 5.41) is 2.83. The molecule has 0 bridgehead atoms. The van der Waals surface area contributed by atoms with Crippen molar-refractivity contribution in [3.05, 3.63) is 41.2 Å². The highest BCUT2D eigenvalue weighted by atomic mass is 32.1. The number of hydrogen-bond donors (Lipinski definition) is 1. The Morgan fingerprint density at radius 2 is 2.06 bits per heavy atom. The van der Waals surface area contributed by atoms with Crippen LogP contribution in [0.4, 0.5) is 15.2 Å². The Balaban J connectivity index is 2.29. The third-order valence-corrected chi connectivity index (χ3v) is 3.35. The Morgan fingerprint density at radius 3 is 2.59 bits per heavy atom. The molecule has 0 fully saturated rings. The summed E-state index contributed by atoms with van der Waals surface area (Å²) >= 11 is 1.55. The van der Waals surface area contributed by atoms with Crippen LogP contribution in [0, 0.1) is 5.82 Å². The second-order valence-corrected chi connectivity index (χ2v) is 4.38. The van der Waals surface area contributed by atoms with Crippen LogP contribution < -0.4 is 10.6 Å². The van der Waals surface area contributed by atoms with E-state index in [1.807, 2.05) is 17.2 Å². The van der Waals surface area contributed by atoms with E-state index < -0.39 is 0 Å². The SMILES string of the molecule is CCN(c1ccc(F)cc1)c1nc(CN)cs1. The quantitative estimate of drug-likeness (QED) is 0.908. The molecule has 2 rings (SSSR count). The molecular formula is C12H14FN3S. The number of benzene rings is 1. The number of nitrogens with zero attached hydrogens (tertiary/aromatic N) is 2. The van der Waals surface area contributed by atoms with Gasteiger partial charge < -0.3 is 10.6 Å². The number of nitrogens with two attached hydrogens (primary N) is 1. The highest BCUT2D eigenvalue weighted by Crippen LogP contribution is 2.28. The Labute approximate surface area is 104 Å². The summed E-state index contributed by atoms with van der Waals surface area (Å²) in [5.74, 6) is -0.230. The summed E-state index contributed by atoms with van der Waals surface area (Å²) in [4.78, 5) is 6.46. The van der Waals surface area contributed by atoms with Crippen LogP contribution in [0.5, 0.6) is 0 Å². The first-order chi connectivity index (χ1) is 8.24. The fourth-order valence-corrected chi connectivity index (χ4v) is 2.49. The van der Waals surface area contributed by atoms with Gasteiger partial charge in [0.05, 0.1) is 5.69 Å². The van der Waals surface area contributed by atoms with Gasteiger partial charge in [0.15, 0.2) is 5.13 Å². The molecular weight excluding hydrogens is 237 g/mol. The standard InChI is InChI=1S/C12H14FN3S/c1-2-16(11-5-3-9(13)4-6-11)12-15-10(7-14)8-17-12/h3-6,8H,2,7,14H2,1H3. The second kappa shape index (κ2) is 5.25. The lowest BCUT2D eigenvalue weighted by Crippen LogP contribution is -2.15. The first-order valence-corrected chi connectivity index (χ1v) is 6.30. The zero-order valence-electron chi connectivity index (χ0n) is 9.56. The maximum absolute atomic E-state index is 12.9. The van der Waals surface area contributed by atoms with E-state index in [0.29, 0.717) is 6.54 Å². The average molecular weight is 251 g/mol. The van der Waals surface area contributed by atoms with Crippen LogP contribution in [0.25, 0.3) is 0 Å². The molecule has 0 amide bonds. The van der Waals surface area contributed by atoms with Crippen molar-refractivity contribution in [2.24, 2.45) is 5.73 Å². The van der Waals surface area contributed by atoms with Gasteiger partial charge in [0.25, 0.3) is 0 Å². The van der Waals surface area contributed by atoms with Gasteiger partial charge in [-0.05, 0) is 31.2 Å². The Bertz CT molecular complexity index is 481. The van der Waals surface area contributed by atoms with E-state index in [-0.39, 0.29) is 5.82 Å². The largest absolute Gasteiger partial charge is 0.325 e. The minimum atomic E-state index is -0.230. The van der Waals surface area contributed by atoms with Gasteiger partial charge in [0.1, 0.15) is 5.82 Å². The van der Waals surface area contributed by atoms with E-state index in [4.69, 9.17) is 5.73 Å². The van der Waals surface area contributed by atoms with Crippen LogP contribution in [0.2, 0.25) is 0 Å². The molecule has 3 nitrogen and oxygen atoms in total. The van der Waals surface area contributed by atoms with Gasteiger partial charge in [0, 0.05) is 24.2 Å². The van der Waals surface area contributed by atoms with Crippen molar-refractivity contribution in [1.29, 1.82) is 0 Å². The van der Waals surface area contributed by atoms with Crippen LogP contribution in [-0.4, -0.2) is 11.5 Å². The van der Waals surface area contributed by atoms with E-state index in [1.165, 1.54) is 12.1 Å². The maximum atomic E-state index is 12.9. The first kappa shape index (κ1) is 12.0. The van der Waals surface area contributed by atoms with Crippen LogP contribution in [0.1, 0.15) is 12.6 Å². The Morgan fingerprint density at radius 1 is 1.35 bits per heavy atom. The average Bonchev–Trinajstić information content (AvgIpc) is 2.81. The van der Waals surface area contributed by atoms with Crippen molar-refractivity contribution in [2.75, 3.05) is 11.4 Å². The zero-order valence-corrected chi connectivity index (χ0v) is 10.4. The molecule has 2 aromatic rings. The molecule has 5 heteroatoms. The van der Waals surface area contributed by atoms with E-state index in [1.54, 1.807) is 23.5 Å². The lowest BCUT2D eigenvalue weighted by molar-refractivity contribution is 0.628. The van der Waals surface area contributed by atoms with Crippen LogP contribution in [0.15, 0.2) is 29.6 Å². The third kappa shape index (κ3) is 2.62. The highest BCUT2D eigenvalue weighted by Gasteiger charge is 2.11. The topological polar surface area (TPSA) is 42.2 Å². The molecule has 0 saturated carbocycles. The summed E-state index contributed by atoms with van der Waals surface area (Å²) in [7, 11) is 0. The summed E-state index contributed by atoms with van der Waals surface area (Å²) in [6, 6.07) is 6.41. The van der Waals surface area contributed by atoms with Crippen molar-refractivity contribution >= 4 is 22.2 Å². The molecule has 1 heterocycles. The number of aromatic nitrogens is 1. The predicted octanol–water partition coefficient (Wildman–Crippen LogP) is 2.90. The minimum absolute atomic E-state index is 0.230. The molecule has 1 aromatic heterocycles. The fourth-order valence-electron chi connectivity index (χ4n) is 1.56. The van der Waals surface area contributed by atoms with Gasteiger partial charge in [0.2, 0.25) is 0 Å². The van der Waals surface area contributed by atoms with Crippen molar-refractivity contribution < 1.29 is 4.39 Å². The van der Waals surface area contributed by atoms with Gasteiger partial charge in [-0.15, -0.1) is 11.3 Å². The van der Waals surface area contributed by atoms with Gasteiger partial charge in [-0.25, -0.2) is 9.37 Å². The predicted molar refractivity (Wildman–Crippen MR) is 69.1 cm³/mol. The van der Waals surface area contributed by atoms with Crippen molar-refractivity contribution in [3.8, 4) is 0 Å². The molecule has 0 aliphatic carbocycles. The number of hydrogen-bond acceptors (Lipinski definition) is 4. The zero-order chi connectivity index (χ0) is 12.3. The van der Waals surface area contributed by atoms with Crippen molar-refractivity contribution in [2.45, 2.75) is 13.5 Å². The van der Waals surface area contributed by atoms with Crippen molar-refractivity contribution in [1.82, 2.24) is 4.98 Å². The molecule has 0 atom stereocenters. The molecule has 0 radical (unpaired) electrons. The van der Waals surface area contributed by atoms with E-state index >= 15 is 0 Å². The second-order valence-electron chi connectivity index (χ2n) is 3.55. The van der Waals surface area contributed by atoms with E-state index in [0.717, 1.165) is 23.1 Å². The number of rotatable bonds is 4. The summed E-state index contributed by atoms with van der Waals surface area (Å²) in [6.07, 6.45) is 0. The lowest BCUT2D eigenvalue weighted by atomic mass is 10.3. The number of thiazole rings is 1. The van der Waals surface area contributed by atoms with Gasteiger partial charge >= 0.3 is 0 Å². The summed E-state index contributed by atoms with van der Waals surface area (Å²) in [5.41, 5.74) is 7.36. The van der Waals surface area contributed by atoms with Crippen LogP contribution >= 0.6 is 11.3 Å².